The predicted molar refractivity (Wildman–Crippen MR) is 108 cm³/mol. The van der Waals surface area contributed by atoms with Crippen LogP contribution in [0.2, 0.25) is 0 Å². The van der Waals surface area contributed by atoms with E-state index in [0.29, 0.717) is 6.61 Å². The Morgan fingerprint density at radius 2 is 2.25 bits per heavy atom. The summed E-state index contributed by atoms with van der Waals surface area (Å²) in [5.41, 5.74) is 1.76. The molecule has 0 aromatic carbocycles. The van der Waals surface area contributed by atoms with E-state index < -0.39 is 0 Å². The molecule has 0 saturated carbocycles. The summed E-state index contributed by atoms with van der Waals surface area (Å²) in [6.07, 6.45) is 6.75. The van der Waals surface area contributed by atoms with Gasteiger partial charge in [-0.15, -0.1) is 16.4 Å². The number of hydrogen-bond acceptors (Lipinski definition) is 6. The third-order valence-corrected chi connectivity index (χ3v) is 7.07. The van der Waals surface area contributed by atoms with Crippen molar-refractivity contribution in [3.05, 3.63) is 22.6 Å². The van der Waals surface area contributed by atoms with Crippen molar-refractivity contribution in [2.24, 2.45) is 0 Å². The van der Waals surface area contributed by atoms with E-state index in [9.17, 15) is 4.79 Å². The van der Waals surface area contributed by atoms with Crippen LogP contribution in [0.15, 0.2) is 6.33 Å². The first-order valence-electron chi connectivity index (χ1n) is 10.1. The molecule has 1 atom stereocenters. The maximum Gasteiger partial charge on any atom is 0.293 e. The van der Waals surface area contributed by atoms with E-state index in [-0.39, 0.29) is 23.4 Å². The Morgan fingerprint density at radius 3 is 3.07 bits per heavy atom. The molecule has 1 fully saturated rings. The number of carbonyl (C=O) groups is 1. The zero-order valence-electron chi connectivity index (χ0n) is 16.6. The highest BCUT2D eigenvalue weighted by molar-refractivity contribution is 7.19. The summed E-state index contributed by atoms with van der Waals surface area (Å²) in [5, 5.41) is 5.52. The molecule has 0 N–H and O–H groups in total. The van der Waals surface area contributed by atoms with Crippen molar-refractivity contribution in [3.8, 4) is 0 Å². The van der Waals surface area contributed by atoms with E-state index in [1.165, 1.54) is 16.9 Å². The standard InChI is InChI=1S/C20H25N5O2S/c1-4-12-7-5-6-8-24(12)19(26)16-22-17-15-13-9-20(2,3)27-10-14(13)28-18(15)21-11-25(17)23-16/h11-12H,4-10H2,1-3H3/t12-/m1/s1. The maximum absolute atomic E-state index is 13.2. The molecular formula is C20H25N5O2S. The molecule has 28 heavy (non-hydrogen) atoms. The van der Waals surface area contributed by atoms with E-state index in [1.54, 1.807) is 22.2 Å². The zero-order valence-corrected chi connectivity index (χ0v) is 17.4. The Balaban J connectivity index is 1.60. The average Bonchev–Trinajstić information content (AvgIpc) is 3.27. The summed E-state index contributed by atoms with van der Waals surface area (Å²) in [7, 11) is 0. The van der Waals surface area contributed by atoms with Gasteiger partial charge in [-0.3, -0.25) is 4.79 Å². The lowest BCUT2D eigenvalue weighted by molar-refractivity contribution is -0.0379. The molecule has 5 rings (SSSR count). The molecule has 1 amide bonds. The summed E-state index contributed by atoms with van der Waals surface area (Å²) in [4.78, 5) is 26.5. The second-order valence-corrected chi connectivity index (χ2v) is 9.50. The van der Waals surface area contributed by atoms with Crippen molar-refractivity contribution in [2.75, 3.05) is 6.54 Å². The molecular weight excluding hydrogens is 374 g/mol. The number of fused-ring (bicyclic) bond motifs is 5. The van der Waals surface area contributed by atoms with Gasteiger partial charge < -0.3 is 9.64 Å². The van der Waals surface area contributed by atoms with Gasteiger partial charge in [-0.2, -0.15) is 0 Å². The second-order valence-electron chi connectivity index (χ2n) is 8.41. The third kappa shape index (κ3) is 2.81. The molecule has 3 aromatic rings. The first-order valence-corrected chi connectivity index (χ1v) is 10.9. The van der Waals surface area contributed by atoms with Crippen LogP contribution in [0.4, 0.5) is 0 Å². The summed E-state index contributed by atoms with van der Waals surface area (Å²) in [6, 6.07) is 0.290. The summed E-state index contributed by atoms with van der Waals surface area (Å²) >= 11 is 1.65. The number of nitrogens with zero attached hydrogens (tertiary/aromatic N) is 5. The van der Waals surface area contributed by atoms with Gasteiger partial charge in [-0.05, 0) is 45.1 Å². The zero-order chi connectivity index (χ0) is 19.5. The van der Waals surface area contributed by atoms with E-state index in [2.05, 4.69) is 30.9 Å². The highest BCUT2D eigenvalue weighted by Gasteiger charge is 2.32. The van der Waals surface area contributed by atoms with Crippen LogP contribution in [-0.4, -0.2) is 48.6 Å². The van der Waals surface area contributed by atoms with E-state index in [1.807, 2.05) is 4.90 Å². The molecule has 1 saturated heterocycles. The van der Waals surface area contributed by atoms with Gasteiger partial charge in [-0.1, -0.05) is 6.92 Å². The number of piperidine rings is 1. The molecule has 3 aromatic heterocycles. The highest BCUT2D eigenvalue weighted by Crippen LogP contribution is 2.39. The molecule has 2 aliphatic heterocycles. The van der Waals surface area contributed by atoms with Crippen molar-refractivity contribution in [3.63, 3.8) is 0 Å². The molecule has 0 bridgehead atoms. The van der Waals surface area contributed by atoms with Gasteiger partial charge in [0.2, 0.25) is 5.82 Å². The van der Waals surface area contributed by atoms with Gasteiger partial charge >= 0.3 is 0 Å². The first kappa shape index (κ1) is 18.0. The number of rotatable bonds is 2. The molecule has 8 heteroatoms. The molecule has 148 valence electrons. The van der Waals surface area contributed by atoms with Gasteiger partial charge in [-0.25, -0.2) is 14.5 Å². The average molecular weight is 400 g/mol. The van der Waals surface area contributed by atoms with Crippen LogP contribution < -0.4 is 0 Å². The van der Waals surface area contributed by atoms with Crippen molar-refractivity contribution >= 4 is 33.1 Å². The minimum Gasteiger partial charge on any atom is -0.370 e. The van der Waals surface area contributed by atoms with Crippen molar-refractivity contribution in [1.82, 2.24) is 24.5 Å². The molecule has 7 nitrogen and oxygen atoms in total. The first-order chi connectivity index (χ1) is 13.5. The van der Waals surface area contributed by atoms with E-state index in [4.69, 9.17) is 9.72 Å². The van der Waals surface area contributed by atoms with Crippen LogP contribution in [0.5, 0.6) is 0 Å². The maximum atomic E-state index is 13.2. The number of ether oxygens (including phenoxy) is 1. The lowest BCUT2D eigenvalue weighted by atomic mass is 9.94. The molecule has 0 unspecified atom stereocenters. The SMILES string of the molecule is CC[C@@H]1CCCCN1C(=O)c1nc2c3c4c(sc3ncn2n1)COC(C)(C)C4. The van der Waals surface area contributed by atoms with Crippen LogP contribution >= 0.6 is 11.3 Å². The van der Waals surface area contributed by atoms with Gasteiger partial charge in [0, 0.05) is 23.9 Å². The third-order valence-electron chi connectivity index (χ3n) is 5.96. The smallest absolute Gasteiger partial charge is 0.293 e. The molecule has 5 heterocycles. The highest BCUT2D eigenvalue weighted by atomic mass is 32.1. The number of amides is 1. The van der Waals surface area contributed by atoms with Crippen LogP contribution in [0.3, 0.4) is 0 Å². The Hall–Kier alpha value is -2.06. The van der Waals surface area contributed by atoms with Crippen molar-refractivity contribution < 1.29 is 9.53 Å². The Morgan fingerprint density at radius 1 is 1.39 bits per heavy atom. The van der Waals surface area contributed by atoms with Gasteiger partial charge in [0.1, 0.15) is 11.2 Å². The molecule has 0 aliphatic carbocycles. The largest absolute Gasteiger partial charge is 0.370 e. The number of carbonyl (C=O) groups excluding carboxylic acids is 1. The normalized spacial score (nSPS) is 22.0. The lowest BCUT2D eigenvalue weighted by Gasteiger charge is -2.34. The molecule has 0 spiro atoms. The topological polar surface area (TPSA) is 72.6 Å². The van der Waals surface area contributed by atoms with Gasteiger partial charge in [0.05, 0.1) is 17.6 Å². The number of likely N-dealkylation sites (tertiary alicyclic amines) is 1. The minimum atomic E-state index is -0.214. The van der Waals surface area contributed by atoms with E-state index >= 15 is 0 Å². The van der Waals surface area contributed by atoms with Crippen LogP contribution in [0, 0.1) is 0 Å². The Bertz CT molecular complexity index is 1070. The summed E-state index contributed by atoms with van der Waals surface area (Å²) < 4.78 is 7.62. The van der Waals surface area contributed by atoms with E-state index in [0.717, 1.165) is 48.1 Å². The Kier molecular flexibility index (Phi) is 4.17. The number of hydrogen-bond donors (Lipinski definition) is 0. The number of thiophene rings is 1. The summed E-state index contributed by atoms with van der Waals surface area (Å²) in [5.74, 6) is 0.220. The second kappa shape index (κ2) is 6.49. The van der Waals surface area contributed by atoms with Crippen molar-refractivity contribution in [2.45, 2.75) is 71.1 Å². The van der Waals surface area contributed by atoms with Crippen LogP contribution in [-0.2, 0) is 17.8 Å². The van der Waals surface area contributed by atoms with Crippen molar-refractivity contribution in [1.29, 1.82) is 0 Å². The van der Waals surface area contributed by atoms with Crippen LogP contribution in [0.1, 0.15) is 67.5 Å². The molecule has 2 aliphatic rings. The lowest BCUT2D eigenvalue weighted by Crippen LogP contribution is -2.43. The molecule has 0 radical (unpaired) electrons. The predicted octanol–water partition coefficient (Wildman–Crippen LogP) is 3.60. The fourth-order valence-corrected chi connectivity index (χ4v) is 5.52. The van der Waals surface area contributed by atoms with Gasteiger partial charge in [0.15, 0.2) is 5.65 Å². The Labute approximate surface area is 167 Å². The number of aromatic nitrogens is 4. The van der Waals surface area contributed by atoms with Gasteiger partial charge in [0.25, 0.3) is 5.91 Å². The minimum absolute atomic E-state index is 0.0591. The van der Waals surface area contributed by atoms with Crippen LogP contribution in [0.25, 0.3) is 15.9 Å². The fraction of sp³-hybridized carbons (Fsp3) is 0.600. The fourth-order valence-electron chi connectivity index (χ4n) is 4.45. The monoisotopic (exact) mass is 399 g/mol. The summed E-state index contributed by atoms with van der Waals surface area (Å²) in [6.45, 7) is 7.74. The quantitative estimate of drug-likeness (QED) is 0.658.